The van der Waals surface area contributed by atoms with E-state index in [2.05, 4.69) is 5.32 Å². The number of aliphatic hydroxyl groups excluding tert-OH is 2. The Bertz CT molecular complexity index is 335. The standard InChI is InChI=1S/C10H16N2O5/c1-5-3-12(10(16)11-9(5)15)8-2-6(14)7(4-13)17-8/h5-8,13-14H,2-4H2,1H3,(H,11,15,16)/i4+1. The number of hydrogen-bond acceptors (Lipinski definition) is 5. The van der Waals surface area contributed by atoms with Gasteiger partial charge in [0.1, 0.15) is 12.3 Å². The maximum atomic E-state index is 11.6. The average Bonchev–Trinajstić information content (AvgIpc) is 2.65. The molecule has 0 aromatic carbocycles. The zero-order valence-electron chi connectivity index (χ0n) is 9.50. The number of aliphatic hydroxyl groups is 2. The fourth-order valence-corrected chi connectivity index (χ4v) is 2.08. The van der Waals surface area contributed by atoms with E-state index in [1.165, 1.54) is 4.90 Å². The third-order valence-corrected chi connectivity index (χ3v) is 3.14. The molecule has 0 radical (unpaired) electrons. The number of nitrogens with zero attached hydrogens (tertiary/aromatic N) is 1. The van der Waals surface area contributed by atoms with E-state index in [9.17, 15) is 14.7 Å². The van der Waals surface area contributed by atoms with Crippen LogP contribution < -0.4 is 5.32 Å². The number of rotatable bonds is 2. The molecule has 17 heavy (non-hydrogen) atoms. The van der Waals surface area contributed by atoms with Crippen LogP contribution in [0.2, 0.25) is 0 Å². The highest BCUT2D eigenvalue weighted by molar-refractivity contribution is 5.97. The molecule has 0 saturated carbocycles. The van der Waals surface area contributed by atoms with Gasteiger partial charge in [0.2, 0.25) is 5.91 Å². The zero-order chi connectivity index (χ0) is 12.6. The monoisotopic (exact) mass is 245 g/mol. The van der Waals surface area contributed by atoms with Crippen molar-refractivity contribution in [3.8, 4) is 0 Å². The number of hydrogen-bond donors (Lipinski definition) is 3. The van der Waals surface area contributed by atoms with Crippen molar-refractivity contribution in [1.29, 1.82) is 0 Å². The van der Waals surface area contributed by atoms with Gasteiger partial charge in [-0.15, -0.1) is 0 Å². The molecule has 2 heterocycles. The highest BCUT2D eigenvalue weighted by atomic mass is 16.6. The molecule has 2 fully saturated rings. The molecule has 4 atom stereocenters. The summed E-state index contributed by atoms with van der Waals surface area (Å²) in [5, 5.41) is 20.8. The minimum atomic E-state index is -0.786. The molecular weight excluding hydrogens is 229 g/mol. The lowest BCUT2D eigenvalue weighted by Gasteiger charge is -2.34. The van der Waals surface area contributed by atoms with Crippen LogP contribution in [0.1, 0.15) is 13.3 Å². The molecule has 7 nitrogen and oxygen atoms in total. The Morgan fingerprint density at radius 1 is 1.53 bits per heavy atom. The van der Waals surface area contributed by atoms with Crippen molar-refractivity contribution in [3.63, 3.8) is 0 Å². The fourth-order valence-electron chi connectivity index (χ4n) is 2.08. The van der Waals surface area contributed by atoms with Crippen molar-refractivity contribution < 1.29 is 24.5 Å². The van der Waals surface area contributed by atoms with E-state index in [0.29, 0.717) is 0 Å². The SMILES string of the molecule is CC1CN(C2CC(O)C([13CH2]O)O2)C(=O)NC1=O. The molecule has 0 spiro atoms. The van der Waals surface area contributed by atoms with E-state index < -0.39 is 24.5 Å². The predicted molar refractivity (Wildman–Crippen MR) is 55.8 cm³/mol. The van der Waals surface area contributed by atoms with Gasteiger partial charge in [0.15, 0.2) is 0 Å². The molecule has 3 amide bonds. The molecule has 0 aliphatic carbocycles. The van der Waals surface area contributed by atoms with E-state index in [1.807, 2.05) is 0 Å². The second kappa shape index (κ2) is 4.59. The van der Waals surface area contributed by atoms with Gasteiger partial charge < -0.3 is 14.9 Å². The number of carbonyl (C=O) groups excluding carboxylic acids is 2. The molecule has 4 unspecified atom stereocenters. The fraction of sp³-hybridized carbons (Fsp3) is 0.800. The first-order valence-corrected chi connectivity index (χ1v) is 5.58. The Morgan fingerprint density at radius 2 is 2.24 bits per heavy atom. The van der Waals surface area contributed by atoms with Gasteiger partial charge >= 0.3 is 6.03 Å². The Balaban J connectivity index is 2.03. The van der Waals surface area contributed by atoms with Gasteiger partial charge in [0.05, 0.1) is 18.6 Å². The number of imide groups is 1. The summed E-state index contributed by atoms with van der Waals surface area (Å²) in [7, 11) is 0. The van der Waals surface area contributed by atoms with E-state index in [0.717, 1.165) is 0 Å². The van der Waals surface area contributed by atoms with Crippen molar-refractivity contribution in [1.82, 2.24) is 10.2 Å². The third kappa shape index (κ3) is 2.26. The van der Waals surface area contributed by atoms with Gasteiger partial charge in [0.25, 0.3) is 0 Å². The quantitative estimate of drug-likeness (QED) is 0.522. The second-order valence-corrected chi connectivity index (χ2v) is 4.46. The van der Waals surface area contributed by atoms with Gasteiger partial charge in [0, 0.05) is 13.0 Å². The average molecular weight is 245 g/mol. The first kappa shape index (κ1) is 12.3. The molecule has 96 valence electrons. The summed E-state index contributed by atoms with van der Waals surface area (Å²) in [6.45, 7) is 1.69. The van der Waals surface area contributed by atoms with Crippen molar-refractivity contribution in [3.05, 3.63) is 0 Å². The second-order valence-electron chi connectivity index (χ2n) is 4.46. The number of carbonyl (C=O) groups is 2. The van der Waals surface area contributed by atoms with Crippen LogP contribution in [0.25, 0.3) is 0 Å². The van der Waals surface area contributed by atoms with Crippen LogP contribution in [0.3, 0.4) is 0 Å². The van der Waals surface area contributed by atoms with E-state index in [4.69, 9.17) is 9.84 Å². The Labute approximate surface area is 98.3 Å². The van der Waals surface area contributed by atoms with Crippen LogP contribution in [-0.4, -0.2) is 58.6 Å². The number of nitrogens with one attached hydrogen (secondary N) is 1. The summed E-state index contributed by atoms with van der Waals surface area (Å²) in [6.07, 6.45) is -1.79. The van der Waals surface area contributed by atoms with Crippen molar-refractivity contribution in [2.24, 2.45) is 5.92 Å². The first-order chi connectivity index (χ1) is 8.02. The first-order valence-electron chi connectivity index (χ1n) is 5.58. The van der Waals surface area contributed by atoms with Crippen LogP contribution in [-0.2, 0) is 9.53 Å². The smallest absolute Gasteiger partial charge is 0.326 e. The van der Waals surface area contributed by atoms with Crippen LogP contribution in [0.4, 0.5) is 4.79 Å². The predicted octanol–water partition coefficient (Wildman–Crippen LogP) is -1.36. The number of urea groups is 1. The largest absolute Gasteiger partial charge is 0.394 e. The van der Waals surface area contributed by atoms with Crippen LogP contribution >= 0.6 is 0 Å². The summed E-state index contributed by atoms with van der Waals surface area (Å²) in [5.74, 6) is -0.606. The summed E-state index contributed by atoms with van der Waals surface area (Å²) in [6, 6.07) is -0.510. The van der Waals surface area contributed by atoms with Gasteiger partial charge in [-0.2, -0.15) is 0 Å². The molecular formula is C10H16N2O5. The summed E-state index contributed by atoms with van der Waals surface area (Å²) in [4.78, 5) is 24.2. The van der Waals surface area contributed by atoms with E-state index >= 15 is 0 Å². The summed E-state index contributed by atoms with van der Waals surface area (Å²) in [5.41, 5.74) is 0. The van der Waals surface area contributed by atoms with Gasteiger partial charge in [-0.05, 0) is 0 Å². The minimum Gasteiger partial charge on any atom is -0.394 e. The van der Waals surface area contributed by atoms with Crippen molar-refractivity contribution >= 4 is 11.9 Å². The number of ether oxygens (including phenoxy) is 1. The topological polar surface area (TPSA) is 99.1 Å². The molecule has 2 aliphatic rings. The minimum absolute atomic E-state index is 0.250. The lowest BCUT2D eigenvalue weighted by Crippen LogP contribution is -2.57. The molecule has 0 bridgehead atoms. The lowest BCUT2D eigenvalue weighted by molar-refractivity contribution is -0.128. The van der Waals surface area contributed by atoms with Crippen molar-refractivity contribution in [2.75, 3.05) is 13.2 Å². The summed E-state index contributed by atoms with van der Waals surface area (Å²) >= 11 is 0. The molecule has 2 rings (SSSR count). The molecule has 2 saturated heterocycles. The van der Waals surface area contributed by atoms with Crippen LogP contribution in [0, 0.1) is 5.92 Å². The molecule has 0 aromatic rings. The Kier molecular flexibility index (Phi) is 3.32. The maximum Gasteiger partial charge on any atom is 0.326 e. The zero-order valence-corrected chi connectivity index (χ0v) is 9.50. The molecule has 0 aromatic heterocycles. The normalized spacial score (nSPS) is 38.4. The maximum absolute atomic E-state index is 11.6. The lowest BCUT2D eigenvalue weighted by atomic mass is 10.1. The van der Waals surface area contributed by atoms with Crippen molar-refractivity contribution in [2.45, 2.75) is 31.8 Å². The third-order valence-electron chi connectivity index (χ3n) is 3.14. The van der Waals surface area contributed by atoms with E-state index in [1.54, 1.807) is 6.92 Å². The Hall–Kier alpha value is -1.18. The van der Waals surface area contributed by atoms with E-state index in [-0.39, 0.29) is 31.4 Å². The van der Waals surface area contributed by atoms with Gasteiger partial charge in [-0.25, -0.2) is 4.79 Å². The summed E-state index contributed by atoms with van der Waals surface area (Å²) < 4.78 is 5.37. The number of amides is 3. The Morgan fingerprint density at radius 3 is 2.82 bits per heavy atom. The van der Waals surface area contributed by atoms with Crippen LogP contribution in [0.5, 0.6) is 0 Å². The van der Waals surface area contributed by atoms with Gasteiger partial charge in [-0.1, -0.05) is 6.92 Å². The highest BCUT2D eigenvalue weighted by Gasteiger charge is 2.41. The van der Waals surface area contributed by atoms with Crippen LogP contribution in [0.15, 0.2) is 0 Å². The molecule has 2 aliphatic heterocycles. The molecule has 3 N–H and O–H groups in total. The van der Waals surface area contributed by atoms with Gasteiger partial charge in [-0.3, -0.25) is 15.0 Å². The highest BCUT2D eigenvalue weighted by Crippen LogP contribution is 2.25. The molecule has 7 heteroatoms.